The van der Waals surface area contributed by atoms with Gasteiger partial charge < -0.3 is 9.88 Å². The van der Waals surface area contributed by atoms with Gasteiger partial charge in [0.15, 0.2) is 0 Å². The molecule has 1 fully saturated rings. The first-order chi connectivity index (χ1) is 14.0. The van der Waals surface area contributed by atoms with E-state index >= 15 is 0 Å². The smallest absolute Gasteiger partial charge is 0.258 e. The van der Waals surface area contributed by atoms with Gasteiger partial charge in [-0.1, -0.05) is 29.8 Å². The van der Waals surface area contributed by atoms with E-state index in [1.807, 2.05) is 12.1 Å². The first-order valence-electron chi connectivity index (χ1n) is 9.54. The van der Waals surface area contributed by atoms with Crippen LogP contribution in [0.1, 0.15) is 12.0 Å². The minimum atomic E-state index is -3.67. The second-order valence-electron chi connectivity index (χ2n) is 7.10. The Labute approximate surface area is 174 Å². The number of pyridine rings is 1. The van der Waals surface area contributed by atoms with E-state index in [0.29, 0.717) is 42.0 Å². The molecule has 1 aromatic heterocycles. The van der Waals surface area contributed by atoms with Crippen molar-refractivity contribution in [3.8, 4) is 0 Å². The Kier molecular flexibility index (Phi) is 5.74. The van der Waals surface area contributed by atoms with Gasteiger partial charge in [-0.3, -0.25) is 4.79 Å². The molecule has 6 nitrogen and oxygen atoms in total. The fourth-order valence-electron chi connectivity index (χ4n) is 3.63. The molecule has 4 rings (SSSR count). The standard InChI is InChI=1S/C21H22ClN3O3S/c22-17-7-5-16(6-8-17)15-24-13-9-18-19(21(24)26)3-1-4-20(18)29(27,28)25-12-2-10-23-11-14-25/h1,3-9,13,23H,2,10-12,14-15H2. The Hall–Kier alpha value is -2.19. The van der Waals surface area contributed by atoms with Gasteiger partial charge in [-0.15, -0.1) is 0 Å². The monoisotopic (exact) mass is 431 g/mol. The molecule has 152 valence electrons. The molecule has 2 heterocycles. The van der Waals surface area contributed by atoms with Gasteiger partial charge in [0, 0.05) is 41.6 Å². The van der Waals surface area contributed by atoms with E-state index in [4.69, 9.17) is 11.6 Å². The van der Waals surface area contributed by atoms with E-state index in [1.165, 1.54) is 4.31 Å². The van der Waals surface area contributed by atoms with Gasteiger partial charge >= 0.3 is 0 Å². The Morgan fingerprint density at radius 2 is 1.76 bits per heavy atom. The third-order valence-electron chi connectivity index (χ3n) is 5.16. The molecule has 3 aromatic rings. The lowest BCUT2D eigenvalue weighted by molar-refractivity contribution is 0.432. The minimum absolute atomic E-state index is 0.188. The highest BCUT2D eigenvalue weighted by Gasteiger charge is 2.27. The number of hydrogen-bond acceptors (Lipinski definition) is 4. The van der Waals surface area contributed by atoms with Gasteiger partial charge in [0.25, 0.3) is 5.56 Å². The van der Waals surface area contributed by atoms with E-state index in [9.17, 15) is 13.2 Å². The van der Waals surface area contributed by atoms with E-state index in [2.05, 4.69) is 5.32 Å². The minimum Gasteiger partial charge on any atom is -0.315 e. The number of halogens is 1. The first-order valence-corrected chi connectivity index (χ1v) is 11.4. The van der Waals surface area contributed by atoms with Crippen LogP contribution in [0, 0.1) is 0 Å². The van der Waals surface area contributed by atoms with Crippen molar-refractivity contribution in [1.82, 2.24) is 14.2 Å². The predicted octanol–water partition coefficient (Wildman–Crippen LogP) is 2.69. The van der Waals surface area contributed by atoms with Crippen LogP contribution in [0.25, 0.3) is 10.8 Å². The first kappa shape index (κ1) is 20.1. The summed E-state index contributed by atoms with van der Waals surface area (Å²) in [6.07, 6.45) is 2.42. The molecule has 1 N–H and O–H groups in total. The quantitative estimate of drug-likeness (QED) is 0.689. The molecule has 2 aromatic carbocycles. The summed E-state index contributed by atoms with van der Waals surface area (Å²) in [5.41, 5.74) is 0.726. The summed E-state index contributed by atoms with van der Waals surface area (Å²) in [4.78, 5) is 13.2. The van der Waals surface area contributed by atoms with Gasteiger partial charge in [0.2, 0.25) is 10.0 Å². The highest BCUT2D eigenvalue weighted by atomic mass is 35.5. The molecule has 0 aliphatic carbocycles. The van der Waals surface area contributed by atoms with Crippen LogP contribution in [-0.4, -0.2) is 43.5 Å². The molecule has 0 unspecified atom stereocenters. The summed E-state index contributed by atoms with van der Waals surface area (Å²) >= 11 is 5.93. The van der Waals surface area contributed by atoms with Gasteiger partial charge in [-0.05, 0) is 48.9 Å². The van der Waals surface area contributed by atoms with Crippen LogP contribution in [0.3, 0.4) is 0 Å². The molecule has 1 aliphatic heterocycles. The third kappa shape index (κ3) is 4.09. The predicted molar refractivity (Wildman–Crippen MR) is 115 cm³/mol. The van der Waals surface area contributed by atoms with Gasteiger partial charge in [-0.25, -0.2) is 8.42 Å². The van der Waals surface area contributed by atoms with Crippen LogP contribution < -0.4 is 10.9 Å². The fraction of sp³-hybridized carbons (Fsp3) is 0.286. The van der Waals surface area contributed by atoms with Crippen molar-refractivity contribution in [3.63, 3.8) is 0 Å². The maximum Gasteiger partial charge on any atom is 0.258 e. The topological polar surface area (TPSA) is 71.4 Å². The summed E-state index contributed by atoms with van der Waals surface area (Å²) in [6, 6.07) is 13.9. The zero-order chi connectivity index (χ0) is 20.4. The fourth-order valence-corrected chi connectivity index (χ4v) is 5.44. The van der Waals surface area contributed by atoms with Crippen molar-refractivity contribution in [3.05, 3.63) is 75.7 Å². The number of aromatic nitrogens is 1. The lowest BCUT2D eigenvalue weighted by Gasteiger charge is -2.20. The van der Waals surface area contributed by atoms with E-state index in [1.54, 1.807) is 47.2 Å². The van der Waals surface area contributed by atoms with Crippen molar-refractivity contribution >= 4 is 32.4 Å². The molecule has 0 spiro atoms. The number of nitrogens with one attached hydrogen (secondary N) is 1. The maximum absolute atomic E-state index is 13.2. The molecule has 0 atom stereocenters. The number of nitrogens with zero attached hydrogens (tertiary/aromatic N) is 2. The van der Waals surface area contributed by atoms with Crippen LogP contribution in [-0.2, 0) is 16.6 Å². The summed E-state index contributed by atoms with van der Waals surface area (Å²) in [6.45, 7) is 2.71. The van der Waals surface area contributed by atoms with Crippen LogP contribution in [0.15, 0.2) is 64.4 Å². The average molecular weight is 432 g/mol. The van der Waals surface area contributed by atoms with Gasteiger partial charge in [0.1, 0.15) is 0 Å². The highest BCUT2D eigenvalue weighted by molar-refractivity contribution is 7.89. The molecule has 8 heteroatoms. The number of benzene rings is 2. The van der Waals surface area contributed by atoms with Crippen molar-refractivity contribution in [2.24, 2.45) is 0 Å². The van der Waals surface area contributed by atoms with Crippen molar-refractivity contribution in [2.45, 2.75) is 17.9 Å². The lowest BCUT2D eigenvalue weighted by atomic mass is 10.1. The summed E-state index contributed by atoms with van der Waals surface area (Å²) in [5, 5.41) is 4.71. The van der Waals surface area contributed by atoms with Crippen LogP contribution in [0.4, 0.5) is 0 Å². The van der Waals surface area contributed by atoms with E-state index in [-0.39, 0.29) is 10.5 Å². The molecule has 0 amide bonds. The molecule has 0 saturated carbocycles. The lowest BCUT2D eigenvalue weighted by Crippen LogP contribution is -2.34. The van der Waals surface area contributed by atoms with E-state index < -0.39 is 10.0 Å². The molecular formula is C21H22ClN3O3S. The zero-order valence-electron chi connectivity index (χ0n) is 15.8. The molecule has 1 saturated heterocycles. The Balaban J connectivity index is 1.75. The summed E-state index contributed by atoms with van der Waals surface area (Å²) < 4.78 is 29.6. The number of rotatable bonds is 4. The largest absolute Gasteiger partial charge is 0.315 e. The van der Waals surface area contributed by atoms with Crippen LogP contribution in [0.2, 0.25) is 5.02 Å². The Morgan fingerprint density at radius 3 is 2.55 bits per heavy atom. The summed E-state index contributed by atoms with van der Waals surface area (Å²) in [5.74, 6) is 0. The molecule has 0 radical (unpaired) electrons. The van der Waals surface area contributed by atoms with Crippen molar-refractivity contribution in [2.75, 3.05) is 26.2 Å². The second kappa shape index (κ2) is 8.28. The molecule has 29 heavy (non-hydrogen) atoms. The van der Waals surface area contributed by atoms with Crippen molar-refractivity contribution < 1.29 is 8.42 Å². The highest BCUT2D eigenvalue weighted by Crippen LogP contribution is 2.24. The normalized spacial score (nSPS) is 16.0. The van der Waals surface area contributed by atoms with E-state index in [0.717, 1.165) is 18.5 Å². The number of hydrogen-bond donors (Lipinski definition) is 1. The van der Waals surface area contributed by atoms with Gasteiger partial charge in [0.05, 0.1) is 11.4 Å². The third-order valence-corrected chi connectivity index (χ3v) is 7.37. The number of fused-ring (bicyclic) bond motifs is 1. The maximum atomic E-state index is 13.2. The van der Waals surface area contributed by atoms with Crippen LogP contribution >= 0.6 is 11.6 Å². The molecule has 1 aliphatic rings. The molecular weight excluding hydrogens is 410 g/mol. The zero-order valence-corrected chi connectivity index (χ0v) is 17.4. The Bertz CT molecular complexity index is 1180. The Morgan fingerprint density at radius 1 is 0.966 bits per heavy atom. The molecule has 0 bridgehead atoms. The van der Waals surface area contributed by atoms with Crippen LogP contribution in [0.5, 0.6) is 0 Å². The van der Waals surface area contributed by atoms with Gasteiger partial charge in [-0.2, -0.15) is 4.31 Å². The summed E-state index contributed by atoms with van der Waals surface area (Å²) in [7, 11) is -3.67. The average Bonchev–Trinajstić information content (AvgIpc) is 3.01. The van der Waals surface area contributed by atoms with Crippen molar-refractivity contribution in [1.29, 1.82) is 0 Å². The second-order valence-corrected chi connectivity index (χ2v) is 9.44. The SMILES string of the molecule is O=c1c2cccc(S(=O)(=O)N3CCCNCC3)c2ccn1Cc1ccc(Cl)cc1. The number of sulfonamides is 1.